The number of aliphatic hydroxyl groups is 1. The van der Waals surface area contributed by atoms with Gasteiger partial charge in [0.05, 0.1) is 5.60 Å². The first kappa shape index (κ1) is 29.4. The number of alkyl halides is 3. The van der Waals surface area contributed by atoms with Gasteiger partial charge in [-0.1, -0.05) is 30.3 Å². The van der Waals surface area contributed by atoms with Crippen LogP contribution in [0.2, 0.25) is 0 Å². The highest BCUT2D eigenvalue weighted by molar-refractivity contribution is 5.92. The number of esters is 1. The maximum atomic E-state index is 12.8. The molecule has 1 aliphatic heterocycles. The normalized spacial score (nSPS) is 25.2. The summed E-state index contributed by atoms with van der Waals surface area (Å²) in [4.78, 5) is 26.6. The maximum absolute atomic E-state index is 12.8. The number of nitrogens with zero attached hydrogens (tertiary/aromatic N) is 1. The lowest BCUT2D eigenvalue weighted by atomic mass is 9.55. The summed E-state index contributed by atoms with van der Waals surface area (Å²) in [6.07, 6.45) is 1.75. The third-order valence-corrected chi connectivity index (χ3v) is 7.63. The van der Waals surface area contributed by atoms with Crippen LogP contribution in [0.5, 0.6) is 11.5 Å². The number of rotatable bonds is 8. The number of amides is 1. The van der Waals surface area contributed by atoms with Crippen molar-refractivity contribution in [1.82, 2.24) is 10.2 Å². The molecule has 0 spiro atoms. The lowest BCUT2D eigenvalue weighted by Crippen LogP contribution is -2.67. The van der Waals surface area contributed by atoms with Crippen LogP contribution in [0.25, 0.3) is 6.08 Å². The van der Waals surface area contributed by atoms with E-state index < -0.39 is 29.3 Å². The molecule has 2 N–H and O–H groups in total. The Hall–Kier alpha value is -3.63. The molecule has 2 fully saturated rings. The van der Waals surface area contributed by atoms with Crippen LogP contribution in [0.3, 0.4) is 0 Å². The second-order valence-corrected chi connectivity index (χ2v) is 10.4. The zero-order valence-electron chi connectivity index (χ0n) is 22.2. The molecular formula is C30H33F3N2O5. The molecule has 214 valence electrons. The number of carbonyl (C=O) groups excluding carboxylic acids is 2. The molecule has 4 rings (SSSR count). The first-order valence-electron chi connectivity index (χ1n) is 13.1. The lowest BCUT2D eigenvalue weighted by Gasteiger charge is -2.58. The van der Waals surface area contributed by atoms with Crippen LogP contribution in [-0.4, -0.2) is 59.5 Å². The zero-order valence-corrected chi connectivity index (χ0v) is 22.2. The van der Waals surface area contributed by atoms with E-state index in [4.69, 9.17) is 4.74 Å². The maximum Gasteiger partial charge on any atom is 0.573 e. The monoisotopic (exact) mass is 558 g/mol. The van der Waals surface area contributed by atoms with Gasteiger partial charge in [-0.15, -0.1) is 19.8 Å². The molecule has 0 bridgehead atoms. The second-order valence-electron chi connectivity index (χ2n) is 10.4. The van der Waals surface area contributed by atoms with E-state index >= 15 is 0 Å². The number of halogens is 3. The standard InChI is InChI=1S/C30H33F3N2O5/c1-3-15-35-16-14-28(23-7-5-8-25(18-23)39-21(2)36)19-24(12-13-29(28,38)20-35)34-27(37)11-10-22-6-4-9-26(17-22)40-30(31,32)33/h3-11,17-18,24,38H,1,12-16,19-20H2,2H3,(H,34,37)/b11-10+. The summed E-state index contributed by atoms with van der Waals surface area (Å²) in [7, 11) is 0. The second kappa shape index (κ2) is 11.9. The number of piperidine rings is 1. The van der Waals surface area contributed by atoms with E-state index in [9.17, 15) is 27.9 Å². The molecular weight excluding hydrogens is 525 g/mol. The predicted octanol–water partition coefficient (Wildman–Crippen LogP) is 4.75. The van der Waals surface area contributed by atoms with Crippen LogP contribution in [0, 0.1) is 0 Å². The summed E-state index contributed by atoms with van der Waals surface area (Å²) >= 11 is 0. The van der Waals surface area contributed by atoms with E-state index in [1.165, 1.54) is 37.3 Å². The van der Waals surface area contributed by atoms with Gasteiger partial charge in [0, 0.05) is 37.5 Å². The van der Waals surface area contributed by atoms with Gasteiger partial charge in [0.2, 0.25) is 5.91 Å². The van der Waals surface area contributed by atoms with Crippen LogP contribution in [0.1, 0.15) is 43.7 Å². The fourth-order valence-corrected chi connectivity index (χ4v) is 5.98. The lowest BCUT2D eigenvalue weighted by molar-refractivity contribution is -0.274. The largest absolute Gasteiger partial charge is 0.573 e. The topological polar surface area (TPSA) is 88.1 Å². The number of likely N-dealkylation sites (tertiary alicyclic amines) is 1. The summed E-state index contributed by atoms with van der Waals surface area (Å²) < 4.78 is 46.9. The van der Waals surface area contributed by atoms with Gasteiger partial charge in [0.1, 0.15) is 11.5 Å². The molecule has 10 heteroatoms. The van der Waals surface area contributed by atoms with E-state index in [0.717, 1.165) is 5.56 Å². The van der Waals surface area contributed by atoms with Crippen LogP contribution in [0.15, 0.2) is 67.3 Å². The first-order chi connectivity index (χ1) is 18.9. The minimum absolute atomic E-state index is 0.263. The Morgan fingerprint density at radius 2 is 1.93 bits per heavy atom. The van der Waals surface area contributed by atoms with Crippen molar-refractivity contribution < 1.29 is 37.3 Å². The van der Waals surface area contributed by atoms with Gasteiger partial charge in [-0.25, -0.2) is 0 Å². The fourth-order valence-electron chi connectivity index (χ4n) is 5.98. The van der Waals surface area contributed by atoms with Crippen LogP contribution < -0.4 is 14.8 Å². The van der Waals surface area contributed by atoms with Gasteiger partial charge in [-0.05, 0) is 73.7 Å². The Bertz CT molecular complexity index is 1280. The molecule has 3 atom stereocenters. The number of hydrogen-bond donors (Lipinski definition) is 2. The number of β-amino-alcohol motifs (C(OH)–C–C–N with tert-alkyl or cyclic N) is 1. The highest BCUT2D eigenvalue weighted by atomic mass is 19.4. The van der Waals surface area contributed by atoms with Gasteiger partial charge >= 0.3 is 12.3 Å². The minimum Gasteiger partial charge on any atom is -0.427 e. The average Bonchev–Trinajstić information content (AvgIpc) is 2.87. The predicted molar refractivity (Wildman–Crippen MR) is 144 cm³/mol. The molecule has 0 radical (unpaired) electrons. The first-order valence-corrected chi connectivity index (χ1v) is 13.1. The molecule has 2 aliphatic rings. The van der Waals surface area contributed by atoms with Crippen molar-refractivity contribution in [1.29, 1.82) is 0 Å². The van der Waals surface area contributed by atoms with Crippen LogP contribution >= 0.6 is 0 Å². The summed E-state index contributed by atoms with van der Waals surface area (Å²) in [6.45, 7) is 6.94. The van der Waals surface area contributed by atoms with E-state index in [2.05, 4.69) is 21.5 Å². The average molecular weight is 559 g/mol. The van der Waals surface area contributed by atoms with Crippen molar-refractivity contribution in [2.24, 2.45) is 0 Å². The molecule has 40 heavy (non-hydrogen) atoms. The van der Waals surface area contributed by atoms with Gasteiger partial charge in [-0.3, -0.25) is 14.5 Å². The fraction of sp³-hybridized carbons (Fsp3) is 0.400. The summed E-state index contributed by atoms with van der Waals surface area (Å²) in [5.74, 6) is -0.823. The Labute approximate surface area is 231 Å². The minimum atomic E-state index is -4.81. The molecule has 1 amide bonds. The summed E-state index contributed by atoms with van der Waals surface area (Å²) in [6, 6.07) is 12.3. The Morgan fingerprint density at radius 3 is 2.65 bits per heavy atom. The van der Waals surface area contributed by atoms with E-state index in [1.54, 1.807) is 30.3 Å². The summed E-state index contributed by atoms with van der Waals surface area (Å²) in [5.41, 5.74) is -0.574. The molecule has 1 heterocycles. The third-order valence-electron chi connectivity index (χ3n) is 7.63. The third kappa shape index (κ3) is 6.92. The molecule has 3 unspecified atom stereocenters. The smallest absolute Gasteiger partial charge is 0.427 e. The van der Waals surface area contributed by atoms with Crippen molar-refractivity contribution >= 4 is 18.0 Å². The van der Waals surface area contributed by atoms with Gasteiger partial charge in [-0.2, -0.15) is 0 Å². The van der Waals surface area contributed by atoms with E-state index in [1.807, 2.05) is 6.07 Å². The number of ether oxygens (including phenoxy) is 2. The zero-order chi connectivity index (χ0) is 29.0. The molecule has 7 nitrogen and oxygen atoms in total. The quantitative estimate of drug-likeness (QED) is 0.210. The Balaban J connectivity index is 1.54. The highest BCUT2D eigenvalue weighted by Gasteiger charge is 2.57. The molecule has 2 aromatic carbocycles. The Morgan fingerprint density at radius 1 is 1.18 bits per heavy atom. The number of nitrogens with one attached hydrogen (secondary N) is 1. The van der Waals surface area contributed by atoms with Crippen molar-refractivity contribution in [3.05, 3.63) is 78.4 Å². The molecule has 1 aliphatic carbocycles. The number of hydrogen-bond acceptors (Lipinski definition) is 6. The molecule has 0 aromatic heterocycles. The van der Waals surface area contributed by atoms with Crippen molar-refractivity contribution in [3.8, 4) is 11.5 Å². The van der Waals surface area contributed by atoms with Crippen molar-refractivity contribution in [2.45, 2.75) is 56.0 Å². The van der Waals surface area contributed by atoms with E-state index in [0.29, 0.717) is 56.6 Å². The molecule has 1 saturated heterocycles. The Kier molecular flexibility index (Phi) is 8.70. The summed E-state index contributed by atoms with van der Waals surface area (Å²) in [5, 5.41) is 15.1. The molecule has 2 aromatic rings. The van der Waals surface area contributed by atoms with Gasteiger partial charge in [0.25, 0.3) is 0 Å². The number of benzene rings is 2. The molecule has 1 saturated carbocycles. The van der Waals surface area contributed by atoms with Crippen molar-refractivity contribution in [3.63, 3.8) is 0 Å². The van der Waals surface area contributed by atoms with E-state index in [-0.39, 0.29) is 11.8 Å². The SMILES string of the molecule is C=CCN1CCC2(c3cccc(OC(C)=O)c3)CC(NC(=O)/C=C/c3cccc(OC(F)(F)F)c3)CCC2(O)C1. The van der Waals surface area contributed by atoms with Gasteiger partial charge < -0.3 is 19.9 Å². The van der Waals surface area contributed by atoms with Crippen LogP contribution in [-0.2, 0) is 15.0 Å². The van der Waals surface area contributed by atoms with Gasteiger partial charge in [0.15, 0.2) is 0 Å². The number of carbonyl (C=O) groups is 2. The number of fused-ring (bicyclic) bond motifs is 1. The van der Waals surface area contributed by atoms with Crippen LogP contribution in [0.4, 0.5) is 13.2 Å². The highest BCUT2D eigenvalue weighted by Crippen LogP contribution is 2.52. The van der Waals surface area contributed by atoms with Crippen molar-refractivity contribution in [2.75, 3.05) is 19.6 Å².